The number of nitrogens with zero attached hydrogens (tertiary/aromatic N) is 2. The summed E-state index contributed by atoms with van der Waals surface area (Å²) < 4.78 is 0. The van der Waals surface area contributed by atoms with Crippen molar-refractivity contribution in [1.29, 1.82) is 0 Å². The molecule has 22 heavy (non-hydrogen) atoms. The highest BCUT2D eigenvalue weighted by atomic mass is 35.5. The van der Waals surface area contributed by atoms with Gasteiger partial charge in [0, 0.05) is 27.0 Å². The normalized spacial score (nSPS) is 11.0. The van der Waals surface area contributed by atoms with Crippen LogP contribution in [-0.4, -0.2) is 15.2 Å². The molecule has 0 fully saturated rings. The number of rotatable bonds is 3. The molecule has 0 saturated heterocycles. The highest BCUT2D eigenvalue weighted by molar-refractivity contribution is 7.14. The monoisotopic (exact) mass is 326 g/mol. The average Bonchev–Trinajstić information content (AvgIpc) is 3.17. The molecule has 4 aromatic rings. The summed E-state index contributed by atoms with van der Waals surface area (Å²) in [5.41, 5.74) is 4.00. The van der Waals surface area contributed by atoms with Gasteiger partial charge in [-0.3, -0.25) is 5.10 Å². The number of thiazole rings is 1. The van der Waals surface area contributed by atoms with Crippen molar-refractivity contribution in [2.24, 2.45) is 0 Å². The molecule has 2 aromatic carbocycles. The lowest BCUT2D eigenvalue weighted by atomic mass is 10.2. The third kappa shape index (κ3) is 2.56. The van der Waals surface area contributed by atoms with Crippen molar-refractivity contribution in [1.82, 2.24) is 15.2 Å². The van der Waals surface area contributed by atoms with Crippen molar-refractivity contribution in [3.05, 3.63) is 59.1 Å². The Balaban J connectivity index is 1.59. The number of fused-ring (bicyclic) bond motifs is 1. The number of aromatic amines is 1. The molecule has 0 unspecified atom stereocenters. The van der Waals surface area contributed by atoms with E-state index >= 15 is 0 Å². The number of hydrogen-bond donors (Lipinski definition) is 2. The quantitative estimate of drug-likeness (QED) is 0.551. The fourth-order valence-electron chi connectivity index (χ4n) is 2.23. The maximum Gasteiger partial charge on any atom is 0.187 e. The summed E-state index contributed by atoms with van der Waals surface area (Å²) in [6, 6.07) is 13.7. The van der Waals surface area contributed by atoms with E-state index in [2.05, 4.69) is 20.5 Å². The second-order valence-electron chi connectivity index (χ2n) is 4.84. The first kappa shape index (κ1) is 13.3. The maximum absolute atomic E-state index is 5.91. The lowest BCUT2D eigenvalue weighted by Crippen LogP contribution is -1.89. The molecule has 0 bridgehead atoms. The van der Waals surface area contributed by atoms with Gasteiger partial charge in [-0.05, 0) is 30.3 Å². The zero-order chi connectivity index (χ0) is 14.9. The van der Waals surface area contributed by atoms with Crippen LogP contribution in [0.4, 0.5) is 10.8 Å². The zero-order valence-corrected chi connectivity index (χ0v) is 12.9. The van der Waals surface area contributed by atoms with E-state index < -0.39 is 0 Å². The van der Waals surface area contributed by atoms with E-state index in [1.54, 1.807) is 11.3 Å². The minimum atomic E-state index is 0.728. The van der Waals surface area contributed by atoms with Gasteiger partial charge >= 0.3 is 0 Å². The number of anilines is 2. The summed E-state index contributed by atoms with van der Waals surface area (Å²) in [5.74, 6) is 0. The van der Waals surface area contributed by atoms with Gasteiger partial charge in [0.2, 0.25) is 0 Å². The SMILES string of the molecule is Clc1ccc(-c2csc(Nc3ccc4[nH]ncc4c3)n2)cc1. The van der Waals surface area contributed by atoms with Crippen LogP contribution in [-0.2, 0) is 0 Å². The fourth-order valence-corrected chi connectivity index (χ4v) is 3.09. The first-order chi connectivity index (χ1) is 10.8. The smallest absolute Gasteiger partial charge is 0.187 e. The molecule has 2 heterocycles. The molecule has 0 aliphatic carbocycles. The largest absolute Gasteiger partial charge is 0.332 e. The second kappa shape index (κ2) is 5.44. The summed E-state index contributed by atoms with van der Waals surface area (Å²) in [7, 11) is 0. The zero-order valence-electron chi connectivity index (χ0n) is 11.4. The summed E-state index contributed by atoms with van der Waals surface area (Å²) in [5, 5.41) is 15.0. The number of benzene rings is 2. The molecule has 108 valence electrons. The van der Waals surface area contributed by atoms with Crippen molar-refractivity contribution in [3.8, 4) is 11.3 Å². The maximum atomic E-state index is 5.91. The molecule has 2 aromatic heterocycles. The van der Waals surface area contributed by atoms with Crippen LogP contribution in [0.3, 0.4) is 0 Å². The van der Waals surface area contributed by atoms with Gasteiger partial charge in [0.15, 0.2) is 5.13 Å². The summed E-state index contributed by atoms with van der Waals surface area (Å²) in [6.07, 6.45) is 1.81. The average molecular weight is 327 g/mol. The summed E-state index contributed by atoms with van der Waals surface area (Å²) in [6.45, 7) is 0. The summed E-state index contributed by atoms with van der Waals surface area (Å²) >= 11 is 7.48. The molecule has 6 heteroatoms. The topological polar surface area (TPSA) is 53.6 Å². The van der Waals surface area contributed by atoms with Crippen LogP contribution >= 0.6 is 22.9 Å². The second-order valence-corrected chi connectivity index (χ2v) is 6.14. The van der Waals surface area contributed by atoms with Crippen LogP contribution in [0.15, 0.2) is 54.0 Å². The molecular formula is C16H11ClN4S. The molecule has 0 radical (unpaired) electrons. The van der Waals surface area contributed by atoms with Crippen LogP contribution in [0.1, 0.15) is 0 Å². The highest BCUT2D eigenvalue weighted by Gasteiger charge is 2.05. The van der Waals surface area contributed by atoms with E-state index in [4.69, 9.17) is 11.6 Å². The van der Waals surface area contributed by atoms with Crippen molar-refractivity contribution in [2.45, 2.75) is 0 Å². The van der Waals surface area contributed by atoms with Gasteiger partial charge in [0.25, 0.3) is 0 Å². The molecule has 0 aliphatic heterocycles. The van der Waals surface area contributed by atoms with Crippen molar-refractivity contribution >= 4 is 44.7 Å². The van der Waals surface area contributed by atoms with Gasteiger partial charge < -0.3 is 5.32 Å². The minimum absolute atomic E-state index is 0.728. The minimum Gasteiger partial charge on any atom is -0.332 e. The van der Waals surface area contributed by atoms with Crippen molar-refractivity contribution < 1.29 is 0 Å². The molecule has 0 amide bonds. The third-order valence-corrected chi connectivity index (χ3v) is 4.35. The Morgan fingerprint density at radius 1 is 1.09 bits per heavy atom. The van der Waals surface area contributed by atoms with Crippen molar-refractivity contribution in [3.63, 3.8) is 0 Å². The highest BCUT2D eigenvalue weighted by Crippen LogP contribution is 2.28. The van der Waals surface area contributed by atoms with E-state index in [1.807, 2.05) is 54.0 Å². The van der Waals surface area contributed by atoms with Gasteiger partial charge in [-0.25, -0.2) is 4.98 Å². The molecular weight excluding hydrogens is 316 g/mol. The molecule has 0 aliphatic rings. The molecule has 0 atom stereocenters. The Bertz CT molecular complexity index is 927. The third-order valence-electron chi connectivity index (χ3n) is 3.34. The van der Waals surface area contributed by atoms with Gasteiger partial charge in [-0.15, -0.1) is 11.3 Å². The molecule has 0 saturated carbocycles. The van der Waals surface area contributed by atoms with Crippen LogP contribution < -0.4 is 5.32 Å². The molecule has 2 N–H and O–H groups in total. The van der Waals surface area contributed by atoms with E-state index in [-0.39, 0.29) is 0 Å². The number of hydrogen-bond acceptors (Lipinski definition) is 4. The van der Waals surface area contributed by atoms with Crippen LogP contribution in [0.5, 0.6) is 0 Å². The molecule has 0 spiro atoms. The number of H-pyrrole nitrogens is 1. The number of nitrogens with one attached hydrogen (secondary N) is 2. The van der Waals surface area contributed by atoms with E-state index in [1.165, 1.54) is 0 Å². The van der Waals surface area contributed by atoms with E-state index in [0.717, 1.165) is 38.0 Å². The Hall–Kier alpha value is -2.37. The lowest BCUT2D eigenvalue weighted by Gasteiger charge is -2.02. The van der Waals surface area contributed by atoms with E-state index in [9.17, 15) is 0 Å². The van der Waals surface area contributed by atoms with Crippen LogP contribution in [0.25, 0.3) is 22.2 Å². The van der Waals surface area contributed by atoms with Crippen LogP contribution in [0.2, 0.25) is 5.02 Å². The van der Waals surface area contributed by atoms with Crippen molar-refractivity contribution in [2.75, 3.05) is 5.32 Å². The Morgan fingerprint density at radius 3 is 2.82 bits per heavy atom. The van der Waals surface area contributed by atoms with Crippen LogP contribution in [0, 0.1) is 0 Å². The Morgan fingerprint density at radius 2 is 1.95 bits per heavy atom. The Kier molecular flexibility index (Phi) is 3.29. The summed E-state index contributed by atoms with van der Waals surface area (Å²) in [4.78, 5) is 4.61. The molecule has 4 rings (SSSR count). The first-order valence-corrected chi connectivity index (χ1v) is 7.95. The molecule has 4 nitrogen and oxygen atoms in total. The Labute approximate surface area is 135 Å². The predicted molar refractivity (Wildman–Crippen MR) is 91.9 cm³/mol. The standard InChI is InChI=1S/C16H11ClN4S/c17-12-3-1-10(2-4-12)15-9-22-16(20-15)19-13-5-6-14-11(7-13)8-18-21-14/h1-9H,(H,18,21)(H,19,20). The van der Waals surface area contributed by atoms with Gasteiger partial charge in [-0.2, -0.15) is 5.10 Å². The fraction of sp³-hybridized carbons (Fsp3) is 0. The van der Waals surface area contributed by atoms with Gasteiger partial charge in [0.1, 0.15) is 0 Å². The van der Waals surface area contributed by atoms with Gasteiger partial charge in [-0.1, -0.05) is 23.7 Å². The van der Waals surface area contributed by atoms with E-state index in [0.29, 0.717) is 0 Å². The van der Waals surface area contributed by atoms with Gasteiger partial charge in [0.05, 0.1) is 17.4 Å². The first-order valence-electron chi connectivity index (χ1n) is 6.69. The number of halogens is 1. The predicted octanol–water partition coefficient (Wildman–Crippen LogP) is 5.08. The number of aromatic nitrogens is 3. The lowest BCUT2D eigenvalue weighted by molar-refractivity contribution is 1.12.